The zero-order valence-corrected chi connectivity index (χ0v) is 10.8. The van der Waals surface area contributed by atoms with Gasteiger partial charge in [0.15, 0.2) is 0 Å². The van der Waals surface area contributed by atoms with Crippen molar-refractivity contribution in [3.63, 3.8) is 0 Å². The lowest BCUT2D eigenvalue weighted by Crippen LogP contribution is -2.21. The van der Waals surface area contributed by atoms with Crippen LogP contribution in [0.3, 0.4) is 0 Å². The lowest BCUT2D eigenvalue weighted by Gasteiger charge is -2.10. The average molecular weight is 257 g/mol. The summed E-state index contributed by atoms with van der Waals surface area (Å²) in [6.45, 7) is 4.57. The van der Waals surface area contributed by atoms with Gasteiger partial charge in [-0.15, -0.1) is 0 Å². The first kappa shape index (κ1) is 13.8. The van der Waals surface area contributed by atoms with E-state index in [-0.39, 0.29) is 5.97 Å². The molecule has 0 saturated heterocycles. The van der Waals surface area contributed by atoms with E-state index in [1.54, 1.807) is 18.2 Å². The number of hydrogen-bond acceptors (Lipinski definition) is 4. The van der Waals surface area contributed by atoms with Crippen LogP contribution in [0.4, 0.5) is 5.69 Å². The summed E-state index contributed by atoms with van der Waals surface area (Å²) < 4.78 is 4.65. The maximum absolute atomic E-state index is 11.3. The van der Waals surface area contributed by atoms with Crippen LogP contribution in [0, 0.1) is 0 Å². The molecule has 1 aromatic rings. The summed E-state index contributed by atoms with van der Waals surface area (Å²) in [5, 5.41) is 6.95. The first-order valence-electron chi connectivity index (χ1n) is 5.51. The predicted molar refractivity (Wildman–Crippen MR) is 69.8 cm³/mol. The highest BCUT2D eigenvalue weighted by Crippen LogP contribution is 2.23. The van der Waals surface area contributed by atoms with Crippen molar-refractivity contribution in [2.24, 2.45) is 0 Å². The fourth-order valence-electron chi connectivity index (χ4n) is 1.37. The minimum atomic E-state index is -0.364. The lowest BCUT2D eigenvalue weighted by molar-refractivity contribution is 0.0601. The number of halogens is 1. The highest BCUT2D eigenvalue weighted by Gasteiger charge is 2.08. The van der Waals surface area contributed by atoms with Crippen molar-refractivity contribution in [1.29, 1.82) is 0 Å². The van der Waals surface area contributed by atoms with Crippen molar-refractivity contribution < 1.29 is 9.53 Å². The molecule has 0 fully saturated rings. The number of carbonyl (C=O) groups is 1. The molecule has 0 bridgehead atoms. The molecule has 0 atom stereocenters. The second kappa shape index (κ2) is 7.14. The Morgan fingerprint density at radius 3 is 2.82 bits per heavy atom. The average Bonchev–Trinajstić information content (AvgIpc) is 2.35. The highest BCUT2D eigenvalue weighted by molar-refractivity contribution is 6.33. The third-order valence-electron chi connectivity index (χ3n) is 2.25. The Hall–Kier alpha value is -1.26. The molecule has 2 N–H and O–H groups in total. The van der Waals surface area contributed by atoms with Crippen LogP contribution in [-0.2, 0) is 4.74 Å². The van der Waals surface area contributed by atoms with E-state index in [9.17, 15) is 4.79 Å². The number of likely N-dealkylation sites (N-methyl/N-ethyl adjacent to an activating group) is 1. The van der Waals surface area contributed by atoms with E-state index in [0.29, 0.717) is 10.6 Å². The number of rotatable bonds is 6. The monoisotopic (exact) mass is 256 g/mol. The van der Waals surface area contributed by atoms with Gasteiger partial charge in [-0.2, -0.15) is 0 Å². The van der Waals surface area contributed by atoms with E-state index in [2.05, 4.69) is 15.4 Å². The summed E-state index contributed by atoms with van der Waals surface area (Å²) in [5.74, 6) is -0.364. The summed E-state index contributed by atoms with van der Waals surface area (Å²) in [4.78, 5) is 11.3. The molecule has 0 unspecified atom stereocenters. The van der Waals surface area contributed by atoms with Crippen molar-refractivity contribution in [3.05, 3.63) is 28.8 Å². The van der Waals surface area contributed by atoms with Crippen molar-refractivity contribution in [2.45, 2.75) is 6.92 Å². The molecule has 0 heterocycles. The van der Waals surface area contributed by atoms with Gasteiger partial charge in [0.1, 0.15) is 0 Å². The third kappa shape index (κ3) is 4.24. The molecule has 1 rings (SSSR count). The van der Waals surface area contributed by atoms with Gasteiger partial charge in [-0.05, 0) is 24.7 Å². The minimum Gasteiger partial charge on any atom is -0.465 e. The van der Waals surface area contributed by atoms with Gasteiger partial charge in [0, 0.05) is 13.1 Å². The van der Waals surface area contributed by atoms with Gasteiger partial charge in [-0.3, -0.25) is 0 Å². The molecular formula is C12H17ClN2O2. The van der Waals surface area contributed by atoms with E-state index in [1.807, 2.05) is 6.92 Å². The first-order chi connectivity index (χ1) is 8.19. The SMILES string of the molecule is CCNCCNc1cc(C(=O)OC)ccc1Cl. The fraction of sp³-hybridized carbons (Fsp3) is 0.417. The van der Waals surface area contributed by atoms with Gasteiger partial charge in [0.05, 0.1) is 23.4 Å². The molecule has 0 spiro atoms. The van der Waals surface area contributed by atoms with E-state index in [0.717, 1.165) is 25.3 Å². The van der Waals surface area contributed by atoms with Crippen LogP contribution in [0.2, 0.25) is 5.02 Å². The Balaban J connectivity index is 2.66. The van der Waals surface area contributed by atoms with Crippen LogP contribution in [0.5, 0.6) is 0 Å². The molecule has 0 amide bonds. The summed E-state index contributed by atoms with van der Waals surface area (Å²) in [7, 11) is 1.36. The maximum Gasteiger partial charge on any atom is 0.337 e. The molecule has 0 aliphatic carbocycles. The number of benzene rings is 1. The van der Waals surface area contributed by atoms with Gasteiger partial charge in [0.25, 0.3) is 0 Å². The van der Waals surface area contributed by atoms with E-state index in [4.69, 9.17) is 11.6 Å². The first-order valence-corrected chi connectivity index (χ1v) is 5.89. The number of ether oxygens (including phenoxy) is 1. The van der Waals surface area contributed by atoms with Crippen LogP contribution in [0.15, 0.2) is 18.2 Å². The van der Waals surface area contributed by atoms with Crippen LogP contribution in [-0.4, -0.2) is 32.7 Å². The number of carbonyl (C=O) groups excluding carboxylic acids is 1. The Morgan fingerprint density at radius 1 is 1.41 bits per heavy atom. The standard InChI is InChI=1S/C12H17ClN2O2/c1-3-14-6-7-15-11-8-9(12(16)17-2)4-5-10(11)13/h4-5,8,14-15H,3,6-7H2,1-2H3. The molecular weight excluding hydrogens is 240 g/mol. The Labute approximate surface area is 106 Å². The van der Waals surface area contributed by atoms with Crippen molar-refractivity contribution >= 4 is 23.3 Å². The topological polar surface area (TPSA) is 50.4 Å². The zero-order valence-electron chi connectivity index (χ0n) is 10.0. The van der Waals surface area contributed by atoms with Crippen molar-refractivity contribution in [1.82, 2.24) is 5.32 Å². The van der Waals surface area contributed by atoms with Crippen LogP contribution >= 0.6 is 11.6 Å². The molecule has 4 nitrogen and oxygen atoms in total. The fourth-order valence-corrected chi connectivity index (χ4v) is 1.55. The highest BCUT2D eigenvalue weighted by atomic mass is 35.5. The summed E-state index contributed by atoms with van der Waals surface area (Å²) in [5.41, 5.74) is 1.23. The molecule has 0 saturated carbocycles. The van der Waals surface area contributed by atoms with Crippen LogP contribution in [0.25, 0.3) is 0 Å². The second-order valence-corrected chi connectivity index (χ2v) is 3.87. The van der Waals surface area contributed by atoms with Crippen molar-refractivity contribution in [3.8, 4) is 0 Å². The normalized spacial score (nSPS) is 10.1. The smallest absolute Gasteiger partial charge is 0.337 e. The lowest BCUT2D eigenvalue weighted by atomic mass is 10.2. The molecule has 5 heteroatoms. The molecule has 0 radical (unpaired) electrons. The molecule has 0 aliphatic heterocycles. The van der Waals surface area contributed by atoms with E-state index < -0.39 is 0 Å². The number of anilines is 1. The molecule has 0 aliphatic rings. The van der Waals surface area contributed by atoms with Gasteiger partial charge < -0.3 is 15.4 Å². The molecule has 94 valence electrons. The van der Waals surface area contributed by atoms with E-state index in [1.165, 1.54) is 7.11 Å². The third-order valence-corrected chi connectivity index (χ3v) is 2.58. The van der Waals surface area contributed by atoms with E-state index >= 15 is 0 Å². The predicted octanol–water partition coefficient (Wildman–Crippen LogP) is 2.15. The molecule has 0 aromatic heterocycles. The Morgan fingerprint density at radius 2 is 2.18 bits per heavy atom. The summed E-state index contributed by atoms with van der Waals surface area (Å²) in [6.07, 6.45) is 0. The van der Waals surface area contributed by atoms with Crippen LogP contribution < -0.4 is 10.6 Å². The van der Waals surface area contributed by atoms with Gasteiger partial charge >= 0.3 is 5.97 Å². The minimum absolute atomic E-state index is 0.364. The molecule has 1 aromatic carbocycles. The number of esters is 1. The Bertz CT molecular complexity index is 383. The Kier molecular flexibility index (Phi) is 5.80. The number of hydrogen-bond donors (Lipinski definition) is 2. The summed E-state index contributed by atoms with van der Waals surface area (Å²) >= 11 is 6.02. The van der Waals surface area contributed by atoms with Crippen molar-refractivity contribution in [2.75, 3.05) is 32.1 Å². The molecule has 17 heavy (non-hydrogen) atoms. The summed E-state index contributed by atoms with van der Waals surface area (Å²) in [6, 6.07) is 5.02. The van der Waals surface area contributed by atoms with Gasteiger partial charge in [0.2, 0.25) is 0 Å². The maximum atomic E-state index is 11.3. The van der Waals surface area contributed by atoms with Crippen LogP contribution in [0.1, 0.15) is 17.3 Å². The number of methoxy groups -OCH3 is 1. The number of nitrogens with one attached hydrogen (secondary N) is 2. The largest absolute Gasteiger partial charge is 0.465 e. The quantitative estimate of drug-likeness (QED) is 0.605. The second-order valence-electron chi connectivity index (χ2n) is 3.47. The zero-order chi connectivity index (χ0) is 12.7. The van der Waals surface area contributed by atoms with Gasteiger partial charge in [-0.1, -0.05) is 18.5 Å². The van der Waals surface area contributed by atoms with Gasteiger partial charge in [-0.25, -0.2) is 4.79 Å².